The number of hydrogen-bond donors (Lipinski definition) is 1. The Morgan fingerprint density at radius 3 is 1.97 bits per heavy atom. The van der Waals surface area contributed by atoms with E-state index in [1.165, 1.54) is 0 Å². The molecule has 1 aromatic heterocycles. The Morgan fingerprint density at radius 1 is 0.867 bits per heavy atom. The molecular formula is C26H23N3O. The number of para-hydroxylation sites is 1. The summed E-state index contributed by atoms with van der Waals surface area (Å²) in [5, 5.41) is 2.98. The first-order valence-electron chi connectivity index (χ1n) is 9.86. The molecule has 0 saturated heterocycles. The Morgan fingerprint density at radius 2 is 1.40 bits per heavy atom. The second-order valence-corrected chi connectivity index (χ2v) is 7.10. The second kappa shape index (κ2) is 8.62. The van der Waals surface area contributed by atoms with Crippen LogP contribution in [0.4, 0.5) is 0 Å². The Kier molecular flexibility index (Phi) is 5.57. The highest BCUT2D eigenvalue weighted by Gasteiger charge is 2.21. The number of nitrogens with zero attached hydrogens (tertiary/aromatic N) is 2. The Bertz CT molecular complexity index is 1160. The predicted molar refractivity (Wildman–Crippen MR) is 121 cm³/mol. The summed E-state index contributed by atoms with van der Waals surface area (Å²) < 4.78 is 2.12. The molecule has 4 rings (SSSR count). The molecular weight excluding hydrogens is 370 g/mol. The van der Waals surface area contributed by atoms with Crippen LogP contribution in [-0.4, -0.2) is 15.5 Å². The maximum atomic E-state index is 12.2. The van der Waals surface area contributed by atoms with Crippen molar-refractivity contribution in [2.45, 2.75) is 13.5 Å². The first-order chi connectivity index (χ1) is 14.6. The van der Waals surface area contributed by atoms with Crippen LogP contribution in [0.5, 0.6) is 0 Å². The molecule has 4 nitrogen and oxygen atoms in total. The van der Waals surface area contributed by atoms with Crippen molar-refractivity contribution in [3.05, 3.63) is 109 Å². The van der Waals surface area contributed by atoms with Gasteiger partial charge in [-0.25, -0.2) is 4.98 Å². The second-order valence-electron chi connectivity index (χ2n) is 7.10. The molecule has 1 N–H and O–H groups in total. The van der Waals surface area contributed by atoms with Gasteiger partial charge in [0.15, 0.2) is 0 Å². The fourth-order valence-electron chi connectivity index (χ4n) is 3.40. The van der Waals surface area contributed by atoms with Crippen LogP contribution in [0.1, 0.15) is 12.6 Å². The van der Waals surface area contributed by atoms with Gasteiger partial charge < -0.3 is 5.32 Å². The van der Waals surface area contributed by atoms with E-state index in [2.05, 4.69) is 16.5 Å². The molecule has 0 saturated carbocycles. The SMILES string of the molecule is C=C(C)C(=O)NCc1c(-c2ccccc2)nc(-c2ccccc2)n1-c1ccccc1. The highest BCUT2D eigenvalue weighted by atomic mass is 16.1. The van der Waals surface area contributed by atoms with Gasteiger partial charge in [-0.1, -0.05) is 85.4 Å². The van der Waals surface area contributed by atoms with Crippen LogP contribution in [0, 0.1) is 0 Å². The van der Waals surface area contributed by atoms with Crippen molar-refractivity contribution in [2.24, 2.45) is 0 Å². The van der Waals surface area contributed by atoms with Crippen molar-refractivity contribution in [2.75, 3.05) is 0 Å². The lowest BCUT2D eigenvalue weighted by atomic mass is 10.1. The fourth-order valence-corrected chi connectivity index (χ4v) is 3.40. The van der Waals surface area contributed by atoms with Crippen molar-refractivity contribution in [3.63, 3.8) is 0 Å². The molecule has 0 aliphatic carbocycles. The summed E-state index contributed by atoms with van der Waals surface area (Å²) >= 11 is 0. The number of hydrogen-bond acceptors (Lipinski definition) is 2. The van der Waals surface area contributed by atoms with Crippen LogP contribution in [-0.2, 0) is 11.3 Å². The summed E-state index contributed by atoms with van der Waals surface area (Å²) in [4.78, 5) is 17.3. The van der Waals surface area contributed by atoms with E-state index in [9.17, 15) is 4.79 Å². The topological polar surface area (TPSA) is 46.9 Å². The monoisotopic (exact) mass is 393 g/mol. The van der Waals surface area contributed by atoms with Crippen molar-refractivity contribution in [3.8, 4) is 28.3 Å². The molecule has 0 bridgehead atoms. The normalized spacial score (nSPS) is 10.6. The van der Waals surface area contributed by atoms with Gasteiger partial charge in [0.1, 0.15) is 5.82 Å². The predicted octanol–water partition coefficient (Wildman–Crippen LogP) is 5.40. The Hall–Kier alpha value is -3.92. The number of imidazole rings is 1. The van der Waals surface area contributed by atoms with Gasteiger partial charge in [-0.3, -0.25) is 9.36 Å². The van der Waals surface area contributed by atoms with Gasteiger partial charge in [0, 0.05) is 22.4 Å². The van der Waals surface area contributed by atoms with E-state index >= 15 is 0 Å². The maximum absolute atomic E-state index is 12.2. The molecule has 0 unspecified atom stereocenters. The summed E-state index contributed by atoms with van der Waals surface area (Å²) in [7, 11) is 0. The standard InChI is InChI=1S/C26H23N3O/c1-19(2)26(30)27-18-23-24(20-12-6-3-7-13-20)28-25(21-14-8-4-9-15-21)29(23)22-16-10-5-11-17-22/h3-17H,1,18H2,2H3,(H,27,30). The van der Waals surface area contributed by atoms with Gasteiger partial charge in [0.05, 0.1) is 17.9 Å². The third-order valence-corrected chi connectivity index (χ3v) is 4.87. The van der Waals surface area contributed by atoms with Gasteiger partial charge in [-0.2, -0.15) is 0 Å². The number of rotatable bonds is 6. The maximum Gasteiger partial charge on any atom is 0.246 e. The van der Waals surface area contributed by atoms with Gasteiger partial charge in [0.25, 0.3) is 0 Å². The molecule has 30 heavy (non-hydrogen) atoms. The lowest BCUT2D eigenvalue weighted by Crippen LogP contribution is -2.24. The van der Waals surface area contributed by atoms with E-state index in [-0.39, 0.29) is 5.91 Å². The Labute approximate surface area is 176 Å². The molecule has 0 atom stereocenters. The Balaban J connectivity index is 1.95. The summed E-state index contributed by atoms with van der Waals surface area (Å²) in [6.07, 6.45) is 0. The lowest BCUT2D eigenvalue weighted by Gasteiger charge is -2.14. The minimum absolute atomic E-state index is 0.170. The minimum Gasteiger partial charge on any atom is -0.347 e. The fraction of sp³-hybridized carbons (Fsp3) is 0.0769. The molecule has 3 aromatic carbocycles. The van der Waals surface area contributed by atoms with Crippen LogP contribution in [0.3, 0.4) is 0 Å². The van der Waals surface area contributed by atoms with Gasteiger partial charge >= 0.3 is 0 Å². The largest absolute Gasteiger partial charge is 0.347 e. The summed E-state index contributed by atoms with van der Waals surface area (Å²) in [5.41, 5.74) is 5.25. The van der Waals surface area contributed by atoms with Crippen LogP contribution in [0.25, 0.3) is 28.3 Å². The molecule has 0 aliphatic rings. The van der Waals surface area contributed by atoms with Crippen molar-refractivity contribution >= 4 is 5.91 Å². The zero-order valence-electron chi connectivity index (χ0n) is 16.9. The van der Waals surface area contributed by atoms with Gasteiger partial charge in [-0.15, -0.1) is 0 Å². The molecule has 148 valence electrons. The van der Waals surface area contributed by atoms with Gasteiger partial charge in [0.2, 0.25) is 5.91 Å². The zero-order chi connectivity index (χ0) is 20.9. The van der Waals surface area contributed by atoms with Crippen molar-refractivity contribution in [1.29, 1.82) is 0 Å². The number of benzene rings is 3. The van der Waals surface area contributed by atoms with Crippen molar-refractivity contribution < 1.29 is 4.79 Å². The highest BCUT2D eigenvalue weighted by Crippen LogP contribution is 2.32. The van der Waals surface area contributed by atoms with E-state index in [1.807, 2.05) is 91.0 Å². The molecule has 0 aliphatic heterocycles. The summed E-state index contributed by atoms with van der Waals surface area (Å²) in [6.45, 7) is 5.79. The van der Waals surface area contributed by atoms with Crippen molar-refractivity contribution in [1.82, 2.24) is 14.9 Å². The first kappa shape index (κ1) is 19.4. The molecule has 0 spiro atoms. The number of aromatic nitrogens is 2. The molecule has 0 radical (unpaired) electrons. The average Bonchev–Trinajstić information content (AvgIpc) is 3.18. The number of carbonyl (C=O) groups is 1. The van der Waals surface area contributed by atoms with E-state index in [0.717, 1.165) is 34.0 Å². The van der Waals surface area contributed by atoms with Crippen LogP contribution >= 0.6 is 0 Å². The van der Waals surface area contributed by atoms with Crippen LogP contribution in [0.15, 0.2) is 103 Å². The lowest BCUT2D eigenvalue weighted by molar-refractivity contribution is -0.117. The van der Waals surface area contributed by atoms with Crippen LogP contribution < -0.4 is 5.32 Å². The molecule has 1 heterocycles. The molecule has 0 fully saturated rings. The summed E-state index contributed by atoms with van der Waals surface area (Å²) in [6, 6.07) is 30.2. The third kappa shape index (κ3) is 3.94. The third-order valence-electron chi connectivity index (χ3n) is 4.87. The zero-order valence-corrected chi connectivity index (χ0v) is 16.9. The van der Waals surface area contributed by atoms with Gasteiger partial charge in [-0.05, 0) is 19.1 Å². The quantitative estimate of drug-likeness (QED) is 0.446. The van der Waals surface area contributed by atoms with E-state index in [4.69, 9.17) is 4.98 Å². The number of amides is 1. The van der Waals surface area contributed by atoms with Crippen LogP contribution in [0.2, 0.25) is 0 Å². The molecule has 1 amide bonds. The molecule has 4 aromatic rings. The van der Waals surface area contributed by atoms with E-state index in [0.29, 0.717) is 12.1 Å². The minimum atomic E-state index is -0.170. The van der Waals surface area contributed by atoms with E-state index in [1.54, 1.807) is 6.92 Å². The first-order valence-corrected chi connectivity index (χ1v) is 9.86. The number of nitrogens with one attached hydrogen (secondary N) is 1. The average molecular weight is 393 g/mol. The smallest absolute Gasteiger partial charge is 0.246 e. The number of carbonyl (C=O) groups excluding carboxylic acids is 1. The molecule has 4 heteroatoms. The van der Waals surface area contributed by atoms with E-state index < -0.39 is 0 Å². The highest BCUT2D eigenvalue weighted by molar-refractivity contribution is 5.92. The summed E-state index contributed by atoms with van der Waals surface area (Å²) in [5.74, 6) is 0.663.